The largest absolute Gasteiger partial charge is 0.493 e. The Balaban J connectivity index is 1.76. The minimum atomic E-state index is 0.0410. The van der Waals surface area contributed by atoms with Gasteiger partial charge in [0.15, 0.2) is 11.5 Å². The van der Waals surface area contributed by atoms with Crippen LogP contribution in [0.4, 0.5) is 0 Å². The molecule has 0 aromatic heterocycles. The van der Waals surface area contributed by atoms with Gasteiger partial charge in [-0.15, -0.1) is 0 Å². The van der Waals surface area contributed by atoms with Crippen LogP contribution in [-0.2, 0) is 16.0 Å². The Morgan fingerprint density at radius 3 is 2.64 bits per heavy atom. The number of hydrogen-bond acceptors (Lipinski definition) is 4. The van der Waals surface area contributed by atoms with Crippen LogP contribution in [0.5, 0.6) is 11.5 Å². The topological polar surface area (TPSA) is 56.8 Å². The predicted molar refractivity (Wildman–Crippen MR) is 84.4 cm³/mol. The van der Waals surface area contributed by atoms with E-state index in [1.54, 1.807) is 14.2 Å². The Bertz CT molecular complexity index is 484. The van der Waals surface area contributed by atoms with Crippen molar-refractivity contribution in [3.8, 4) is 11.5 Å². The summed E-state index contributed by atoms with van der Waals surface area (Å²) in [6.07, 6.45) is 3.59. The lowest BCUT2D eigenvalue weighted by atomic mass is 9.97. The first-order chi connectivity index (χ1) is 10.7. The van der Waals surface area contributed by atoms with Crippen molar-refractivity contribution in [2.45, 2.75) is 25.7 Å². The fourth-order valence-corrected chi connectivity index (χ4v) is 2.69. The Labute approximate surface area is 131 Å². The van der Waals surface area contributed by atoms with Gasteiger partial charge in [0.05, 0.1) is 20.6 Å². The summed E-state index contributed by atoms with van der Waals surface area (Å²) in [6.45, 7) is 2.44. The molecule has 1 heterocycles. The lowest BCUT2D eigenvalue weighted by Gasteiger charge is -2.21. The van der Waals surface area contributed by atoms with E-state index in [0.717, 1.165) is 44.6 Å². The number of rotatable bonds is 7. The van der Waals surface area contributed by atoms with E-state index in [-0.39, 0.29) is 5.91 Å². The summed E-state index contributed by atoms with van der Waals surface area (Å²) in [5.74, 6) is 2.04. The Hall–Kier alpha value is -1.75. The molecule has 0 aliphatic carbocycles. The van der Waals surface area contributed by atoms with Gasteiger partial charge in [-0.3, -0.25) is 4.79 Å². The van der Waals surface area contributed by atoms with Crippen LogP contribution >= 0.6 is 0 Å². The number of ether oxygens (including phenoxy) is 3. The number of nitrogens with one attached hydrogen (secondary N) is 1. The summed E-state index contributed by atoms with van der Waals surface area (Å²) >= 11 is 0. The minimum Gasteiger partial charge on any atom is -0.493 e. The van der Waals surface area contributed by atoms with Gasteiger partial charge in [0, 0.05) is 19.8 Å². The molecule has 2 rings (SSSR count). The van der Waals surface area contributed by atoms with Crippen molar-refractivity contribution in [2.24, 2.45) is 5.92 Å². The molecule has 5 heteroatoms. The third kappa shape index (κ3) is 4.91. The zero-order chi connectivity index (χ0) is 15.8. The van der Waals surface area contributed by atoms with Crippen LogP contribution in [0.3, 0.4) is 0 Å². The number of methoxy groups -OCH3 is 2. The lowest BCUT2D eigenvalue weighted by Crippen LogP contribution is -2.28. The molecular weight excluding hydrogens is 282 g/mol. The van der Waals surface area contributed by atoms with Gasteiger partial charge >= 0.3 is 0 Å². The third-order valence-electron chi connectivity index (χ3n) is 4.03. The van der Waals surface area contributed by atoms with Crippen molar-refractivity contribution < 1.29 is 19.0 Å². The Morgan fingerprint density at radius 2 is 1.95 bits per heavy atom. The van der Waals surface area contributed by atoms with Gasteiger partial charge in [0.2, 0.25) is 5.91 Å². The molecule has 22 heavy (non-hydrogen) atoms. The van der Waals surface area contributed by atoms with Gasteiger partial charge in [-0.25, -0.2) is 0 Å². The molecule has 0 spiro atoms. The van der Waals surface area contributed by atoms with Gasteiger partial charge < -0.3 is 19.5 Å². The zero-order valence-corrected chi connectivity index (χ0v) is 13.4. The van der Waals surface area contributed by atoms with Crippen LogP contribution in [0.2, 0.25) is 0 Å². The highest BCUT2D eigenvalue weighted by Crippen LogP contribution is 2.27. The van der Waals surface area contributed by atoms with Gasteiger partial charge in [0.25, 0.3) is 0 Å². The van der Waals surface area contributed by atoms with Crippen molar-refractivity contribution in [3.05, 3.63) is 23.8 Å². The second kappa shape index (κ2) is 8.63. The maximum absolute atomic E-state index is 12.0. The molecule has 122 valence electrons. The van der Waals surface area contributed by atoms with E-state index in [4.69, 9.17) is 14.2 Å². The molecule has 1 fully saturated rings. The summed E-state index contributed by atoms with van der Waals surface area (Å²) < 4.78 is 15.8. The van der Waals surface area contributed by atoms with Crippen molar-refractivity contribution in [3.63, 3.8) is 0 Å². The smallest absolute Gasteiger partial charge is 0.224 e. The normalized spacial score (nSPS) is 15.4. The molecule has 1 aromatic carbocycles. The quantitative estimate of drug-likeness (QED) is 0.839. The van der Waals surface area contributed by atoms with E-state index in [9.17, 15) is 4.79 Å². The molecule has 5 nitrogen and oxygen atoms in total. The molecule has 1 N–H and O–H groups in total. The van der Waals surface area contributed by atoms with Crippen LogP contribution in [-0.4, -0.2) is 39.9 Å². The summed E-state index contributed by atoms with van der Waals surface area (Å²) in [5.41, 5.74) is 0.918. The number of amides is 1. The van der Waals surface area contributed by atoms with Gasteiger partial charge in [-0.05, 0) is 42.9 Å². The number of hydrogen-bond donors (Lipinski definition) is 1. The second-order valence-corrected chi connectivity index (χ2v) is 5.56. The van der Waals surface area contributed by atoms with Crippen LogP contribution in [0.25, 0.3) is 0 Å². The highest BCUT2D eigenvalue weighted by atomic mass is 16.5. The molecule has 0 saturated carbocycles. The van der Waals surface area contributed by atoms with Crippen molar-refractivity contribution >= 4 is 5.91 Å². The van der Waals surface area contributed by atoms with Crippen LogP contribution in [0, 0.1) is 5.92 Å². The molecule has 0 unspecified atom stereocenters. The maximum atomic E-state index is 12.0. The van der Waals surface area contributed by atoms with Gasteiger partial charge in [0.1, 0.15) is 0 Å². The number of carbonyl (C=O) groups excluding carboxylic acids is 1. The molecule has 0 atom stereocenters. The molecule has 1 aromatic rings. The van der Waals surface area contributed by atoms with Gasteiger partial charge in [-0.1, -0.05) is 6.07 Å². The Morgan fingerprint density at radius 1 is 1.23 bits per heavy atom. The third-order valence-corrected chi connectivity index (χ3v) is 4.03. The minimum absolute atomic E-state index is 0.0410. The van der Waals surface area contributed by atoms with Gasteiger partial charge in [-0.2, -0.15) is 0 Å². The second-order valence-electron chi connectivity index (χ2n) is 5.56. The molecular formula is C17H25NO4. The van der Waals surface area contributed by atoms with Crippen molar-refractivity contribution in [1.29, 1.82) is 0 Å². The van der Waals surface area contributed by atoms with Crippen LogP contribution < -0.4 is 14.8 Å². The fraction of sp³-hybridized carbons (Fsp3) is 0.588. The average molecular weight is 307 g/mol. The van der Waals surface area contributed by atoms with E-state index in [2.05, 4.69) is 5.32 Å². The first kappa shape index (κ1) is 16.6. The molecule has 1 aliphatic heterocycles. The molecule has 0 radical (unpaired) electrons. The molecule has 1 aliphatic rings. The van der Waals surface area contributed by atoms with E-state index < -0.39 is 0 Å². The summed E-state index contributed by atoms with van der Waals surface area (Å²) in [4.78, 5) is 12.0. The number of benzene rings is 1. The van der Waals surface area contributed by atoms with Crippen molar-refractivity contribution in [2.75, 3.05) is 34.0 Å². The lowest BCUT2D eigenvalue weighted by molar-refractivity contribution is -0.120. The van der Waals surface area contributed by atoms with E-state index in [0.29, 0.717) is 23.8 Å². The van der Waals surface area contributed by atoms with Crippen LogP contribution in [0.15, 0.2) is 18.2 Å². The standard InChI is InChI=1S/C17H25NO4/c1-20-15-4-3-14(11-16(15)21-2)12-17(19)18-8-5-13-6-9-22-10-7-13/h3-4,11,13H,5-10,12H2,1-2H3,(H,18,19). The molecule has 0 bridgehead atoms. The predicted octanol–water partition coefficient (Wildman–Crippen LogP) is 2.18. The summed E-state index contributed by atoms with van der Waals surface area (Å²) in [7, 11) is 3.19. The van der Waals surface area contributed by atoms with E-state index in [1.165, 1.54) is 0 Å². The Kier molecular flexibility index (Phi) is 6.52. The highest BCUT2D eigenvalue weighted by molar-refractivity contribution is 5.78. The van der Waals surface area contributed by atoms with Crippen molar-refractivity contribution in [1.82, 2.24) is 5.32 Å². The first-order valence-electron chi connectivity index (χ1n) is 7.78. The maximum Gasteiger partial charge on any atom is 0.224 e. The molecule has 1 amide bonds. The molecule has 1 saturated heterocycles. The summed E-state index contributed by atoms with van der Waals surface area (Å²) in [6, 6.07) is 5.56. The SMILES string of the molecule is COc1ccc(CC(=O)NCCC2CCOCC2)cc1OC. The van der Waals surface area contributed by atoms with E-state index in [1.807, 2.05) is 18.2 Å². The first-order valence-corrected chi connectivity index (χ1v) is 7.78. The fourth-order valence-electron chi connectivity index (χ4n) is 2.69. The highest BCUT2D eigenvalue weighted by Gasteiger charge is 2.14. The number of carbonyl (C=O) groups is 1. The zero-order valence-electron chi connectivity index (χ0n) is 13.4. The average Bonchev–Trinajstić information content (AvgIpc) is 2.55. The summed E-state index contributed by atoms with van der Waals surface area (Å²) in [5, 5.41) is 2.99. The monoisotopic (exact) mass is 307 g/mol. The van der Waals surface area contributed by atoms with E-state index >= 15 is 0 Å². The van der Waals surface area contributed by atoms with Crippen LogP contribution in [0.1, 0.15) is 24.8 Å².